The number of nitrogens with zero attached hydrogens (tertiary/aromatic N) is 3. The summed E-state index contributed by atoms with van der Waals surface area (Å²) in [5.74, 6) is 1.07. The quantitative estimate of drug-likeness (QED) is 0.400. The van der Waals surface area contributed by atoms with Gasteiger partial charge in [-0.2, -0.15) is 0 Å². The van der Waals surface area contributed by atoms with E-state index in [0.29, 0.717) is 11.5 Å². The Morgan fingerprint density at radius 1 is 1.23 bits per heavy atom. The van der Waals surface area contributed by atoms with Crippen LogP contribution < -0.4 is 5.32 Å². The molecule has 1 aliphatic heterocycles. The topological polar surface area (TPSA) is 30.9 Å². The lowest BCUT2D eigenvalue weighted by atomic mass is 9.68. The summed E-state index contributed by atoms with van der Waals surface area (Å²) in [5, 5.41) is 3.61. The predicted molar refractivity (Wildman–Crippen MR) is 121 cm³/mol. The molecular formula is C21H35IN4. The highest BCUT2D eigenvalue weighted by Gasteiger charge is 2.43. The Labute approximate surface area is 176 Å². The summed E-state index contributed by atoms with van der Waals surface area (Å²) in [6.45, 7) is 8.65. The molecule has 0 radical (unpaired) electrons. The Balaban J connectivity index is 0.00000243. The maximum Gasteiger partial charge on any atom is 0.193 e. The van der Waals surface area contributed by atoms with Crippen LogP contribution in [0.4, 0.5) is 0 Å². The van der Waals surface area contributed by atoms with Crippen LogP contribution in [0.3, 0.4) is 0 Å². The van der Waals surface area contributed by atoms with Crippen molar-refractivity contribution < 1.29 is 0 Å². The third kappa shape index (κ3) is 4.91. The van der Waals surface area contributed by atoms with Gasteiger partial charge < -0.3 is 10.2 Å². The molecule has 1 aromatic rings. The monoisotopic (exact) mass is 470 g/mol. The van der Waals surface area contributed by atoms with Gasteiger partial charge in [0, 0.05) is 39.3 Å². The molecule has 5 heteroatoms. The largest absolute Gasteiger partial charge is 0.352 e. The molecule has 2 aliphatic rings. The van der Waals surface area contributed by atoms with Crippen molar-refractivity contribution >= 4 is 29.9 Å². The number of rotatable bonds is 5. The Bertz CT molecular complexity index is 610. The maximum atomic E-state index is 4.55. The van der Waals surface area contributed by atoms with Gasteiger partial charge in [0.25, 0.3) is 0 Å². The molecule has 0 aromatic heterocycles. The number of likely N-dealkylation sites (tertiary alicyclic amines) is 1. The molecule has 1 N–H and O–H groups in total. The number of halogens is 1. The number of nitrogens with one attached hydrogen (secondary N) is 1. The molecule has 1 heterocycles. The molecule has 0 unspecified atom stereocenters. The molecule has 2 fully saturated rings. The second-order valence-corrected chi connectivity index (χ2v) is 8.20. The van der Waals surface area contributed by atoms with Crippen molar-refractivity contribution in [2.45, 2.75) is 58.7 Å². The second-order valence-electron chi connectivity index (χ2n) is 8.20. The van der Waals surface area contributed by atoms with Crippen LogP contribution in [0, 0.1) is 5.41 Å². The summed E-state index contributed by atoms with van der Waals surface area (Å²) in [4.78, 5) is 9.39. The van der Waals surface area contributed by atoms with Crippen LogP contribution in [-0.4, -0.2) is 49.0 Å². The minimum atomic E-state index is 0. The predicted octanol–water partition coefficient (Wildman–Crippen LogP) is 4.10. The van der Waals surface area contributed by atoms with Gasteiger partial charge >= 0.3 is 0 Å². The van der Waals surface area contributed by atoms with Crippen LogP contribution in [0.2, 0.25) is 0 Å². The average molecular weight is 470 g/mol. The third-order valence-corrected chi connectivity index (χ3v) is 6.22. The zero-order valence-electron chi connectivity index (χ0n) is 16.8. The van der Waals surface area contributed by atoms with Crippen LogP contribution in [0.15, 0.2) is 29.3 Å². The molecule has 1 saturated heterocycles. The SMILES string of the molecule is CN=C(NCc1ccccc1CN(C)C(C)C)N1CCC2(CCC2)C1.I. The molecule has 3 rings (SSSR count). The van der Waals surface area contributed by atoms with Gasteiger partial charge in [0.15, 0.2) is 5.96 Å². The number of aliphatic imine (C=N–C) groups is 1. The molecule has 4 nitrogen and oxygen atoms in total. The number of benzene rings is 1. The molecule has 1 aromatic carbocycles. The van der Waals surface area contributed by atoms with E-state index >= 15 is 0 Å². The van der Waals surface area contributed by atoms with Gasteiger partial charge in [-0.05, 0) is 56.7 Å². The van der Waals surface area contributed by atoms with E-state index in [1.54, 1.807) is 0 Å². The lowest BCUT2D eigenvalue weighted by Crippen LogP contribution is -2.42. The summed E-state index contributed by atoms with van der Waals surface area (Å²) < 4.78 is 0. The molecule has 26 heavy (non-hydrogen) atoms. The maximum absolute atomic E-state index is 4.55. The van der Waals surface area contributed by atoms with Gasteiger partial charge in [0.1, 0.15) is 0 Å². The fraction of sp³-hybridized carbons (Fsp3) is 0.667. The standard InChI is InChI=1S/C21H34N4.HI/c1-17(2)24(4)15-19-9-6-5-8-18(19)14-23-20(22-3)25-13-12-21(16-25)10-7-11-21;/h5-6,8-9,17H,7,10-16H2,1-4H3,(H,22,23);1H. The minimum Gasteiger partial charge on any atom is -0.352 e. The lowest BCUT2D eigenvalue weighted by Gasteiger charge is -2.38. The van der Waals surface area contributed by atoms with Crippen molar-refractivity contribution in [2.24, 2.45) is 10.4 Å². The number of hydrogen-bond acceptors (Lipinski definition) is 2. The highest BCUT2D eigenvalue weighted by molar-refractivity contribution is 14.0. The van der Waals surface area contributed by atoms with Gasteiger partial charge in [0.05, 0.1) is 0 Å². The zero-order chi connectivity index (χ0) is 17.9. The molecule has 0 bridgehead atoms. The Morgan fingerprint density at radius 2 is 1.92 bits per heavy atom. The van der Waals surface area contributed by atoms with Crippen LogP contribution in [0.25, 0.3) is 0 Å². The van der Waals surface area contributed by atoms with Crippen molar-refractivity contribution in [1.29, 1.82) is 0 Å². The molecule has 1 spiro atoms. The molecule has 1 aliphatic carbocycles. The highest BCUT2D eigenvalue weighted by atomic mass is 127. The van der Waals surface area contributed by atoms with E-state index in [4.69, 9.17) is 0 Å². The first-order valence-electron chi connectivity index (χ1n) is 9.76. The first kappa shape index (κ1) is 21.5. The summed E-state index contributed by atoms with van der Waals surface area (Å²) in [7, 11) is 4.10. The van der Waals surface area contributed by atoms with Gasteiger partial charge in [-0.1, -0.05) is 30.7 Å². The highest BCUT2D eigenvalue weighted by Crippen LogP contribution is 2.47. The van der Waals surface area contributed by atoms with E-state index in [9.17, 15) is 0 Å². The van der Waals surface area contributed by atoms with Crippen LogP contribution >= 0.6 is 24.0 Å². The van der Waals surface area contributed by atoms with Crippen molar-refractivity contribution in [2.75, 3.05) is 27.2 Å². The smallest absolute Gasteiger partial charge is 0.193 e. The summed E-state index contributed by atoms with van der Waals surface area (Å²) in [6.07, 6.45) is 5.57. The Hall–Kier alpha value is -0.820. The van der Waals surface area contributed by atoms with Crippen LogP contribution in [0.5, 0.6) is 0 Å². The first-order valence-corrected chi connectivity index (χ1v) is 9.76. The van der Waals surface area contributed by atoms with Gasteiger partial charge in [-0.25, -0.2) is 0 Å². The van der Waals surface area contributed by atoms with E-state index in [2.05, 4.69) is 65.3 Å². The molecule has 146 valence electrons. The van der Waals surface area contributed by atoms with E-state index in [1.807, 2.05) is 7.05 Å². The summed E-state index contributed by atoms with van der Waals surface area (Å²) in [6, 6.07) is 9.32. The van der Waals surface area contributed by atoms with Gasteiger partial charge in [-0.15, -0.1) is 24.0 Å². The summed E-state index contributed by atoms with van der Waals surface area (Å²) in [5.41, 5.74) is 3.38. The van der Waals surface area contributed by atoms with Crippen LogP contribution in [-0.2, 0) is 13.1 Å². The fourth-order valence-corrected chi connectivity index (χ4v) is 4.04. The molecule has 1 saturated carbocycles. The Kier molecular flexibility index (Phi) is 7.76. The van der Waals surface area contributed by atoms with E-state index in [0.717, 1.165) is 25.6 Å². The normalized spacial score (nSPS) is 19.0. The first-order chi connectivity index (χ1) is 12.0. The molecule has 0 atom stereocenters. The van der Waals surface area contributed by atoms with Crippen molar-refractivity contribution in [3.63, 3.8) is 0 Å². The van der Waals surface area contributed by atoms with Crippen molar-refractivity contribution in [3.05, 3.63) is 35.4 Å². The van der Waals surface area contributed by atoms with Gasteiger partial charge in [0.2, 0.25) is 0 Å². The Morgan fingerprint density at radius 3 is 2.46 bits per heavy atom. The third-order valence-electron chi connectivity index (χ3n) is 6.22. The van der Waals surface area contributed by atoms with Crippen LogP contribution in [0.1, 0.15) is 50.7 Å². The van der Waals surface area contributed by atoms with E-state index in [-0.39, 0.29) is 24.0 Å². The number of guanidine groups is 1. The van der Waals surface area contributed by atoms with Crippen molar-refractivity contribution in [1.82, 2.24) is 15.1 Å². The number of hydrogen-bond donors (Lipinski definition) is 1. The van der Waals surface area contributed by atoms with E-state index < -0.39 is 0 Å². The minimum absolute atomic E-state index is 0. The zero-order valence-corrected chi connectivity index (χ0v) is 19.1. The fourth-order valence-electron chi connectivity index (χ4n) is 4.04. The summed E-state index contributed by atoms with van der Waals surface area (Å²) >= 11 is 0. The van der Waals surface area contributed by atoms with Crippen molar-refractivity contribution in [3.8, 4) is 0 Å². The average Bonchev–Trinajstić information content (AvgIpc) is 3.02. The molecule has 0 amide bonds. The molecular weight excluding hydrogens is 435 g/mol. The van der Waals surface area contributed by atoms with Gasteiger partial charge in [-0.3, -0.25) is 9.89 Å². The second kappa shape index (κ2) is 9.40. The lowest BCUT2D eigenvalue weighted by molar-refractivity contribution is 0.151. The van der Waals surface area contributed by atoms with E-state index in [1.165, 1.54) is 43.4 Å².